The minimum Gasteiger partial charge on any atom is -0.494 e. The predicted molar refractivity (Wildman–Crippen MR) is 53.0 cm³/mol. The maximum Gasteiger partial charge on any atom is 0.280 e. The minimum absolute atomic E-state index is 0.0301. The zero-order valence-electron chi connectivity index (χ0n) is 7.23. The molecule has 0 aliphatic heterocycles. The predicted octanol–water partition coefficient (Wildman–Crippen LogP) is 3.53. The van der Waals surface area contributed by atoms with Crippen LogP contribution in [0.2, 0.25) is 0 Å². The van der Waals surface area contributed by atoms with Crippen LogP contribution in [-0.4, -0.2) is 12.1 Å². The fourth-order valence-electron chi connectivity index (χ4n) is 0.990. The smallest absolute Gasteiger partial charge is 0.280 e. The molecule has 0 radical (unpaired) electrons. The number of hydrogen-bond acceptors (Lipinski definition) is 2. The van der Waals surface area contributed by atoms with E-state index in [1.165, 1.54) is 13.2 Å². The van der Waals surface area contributed by atoms with Crippen molar-refractivity contribution in [3.05, 3.63) is 21.9 Å². The summed E-state index contributed by atoms with van der Waals surface area (Å²) in [5.41, 5.74) is -0.00725. The van der Waals surface area contributed by atoms with Crippen molar-refractivity contribution in [1.82, 2.24) is 4.98 Å². The van der Waals surface area contributed by atoms with Gasteiger partial charge in [-0.25, -0.2) is 13.8 Å². The molecular weight excluding hydrogens is 279 g/mol. The van der Waals surface area contributed by atoms with Gasteiger partial charge in [0.25, 0.3) is 6.43 Å². The van der Waals surface area contributed by atoms with Crippen molar-refractivity contribution in [2.45, 2.75) is 12.3 Å². The first-order valence-corrected chi connectivity index (χ1v) is 5.00. The zero-order chi connectivity index (χ0) is 10.7. The lowest BCUT2D eigenvalue weighted by molar-refractivity contribution is 0.145. The van der Waals surface area contributed by atoms with Crippen molar-refractivity contribution in [2.24, 2.45) is 0 Å². The highest BCUT2D eigenvalue weighted by atomic mass is 79.9. The Bertz CT molecular complexity index is 335. The summed E-state index contributed by atoms with van der Waals surface area (Å²) in [5, 5.41) is 0. The number of methoxy groups -OCH3 is 1. The summed E-state index contributed by atoms with van der Waals surface area (Å²) < 4.78 is 30.1. The number of alkyl halides is 3. The molecule has 6 heteroatoms. The molecule has 0 aromatic carbocycles. The molecule has 0 atom stereocenters. The molecule has 0 unspecified atom stereocenters. The average molecular weight is 287 g/mol. The van der Waals surface area contributed by atoms with Crippen molar-refractivity contribution in [3.63, 3.8) is 0 Å². The van der Waals surface area contributed by atoms with E-state index in [0.717, 1.165) is 0 Å². The Hall–Kier alpha value is -0.420. The lowest BCUT2D eigenvalue weighted by Gasteiger charge is -2.09. The highest BCUT2D eigenvalue weighted by molar-refractivity contribution is 9.10. The Morgan fingerprint density at radius 3 is 2.71 bits per heavy atom. The topological polar surface area (TPSA) is 22.1 Å². The normalized spacial score (nSPS) is 10.7. The van der Waals surface area contributed by atoms with Gasteiger partial charge in [0.15, 0.2) is 5.75 Å². The lowest BCUT2D eigenvalue weighted by Crippen LogP contribution is -1.99. The van der Waals surface area contributed by atoms with Crippen LogP contribution in [0.1, 0.15) is 17.8 Å². The quantitative estimate of drug-likeness (QED) is 0.793. The van der Waals surface area contributed by atoms with Crippen LogP contribution in [0.25, 0.3) is 0 Å². The van der Waals surface area contributed by atoms with Gasteiger partial charge in [-0.05, 0) is 22.0 Å². The Balaban J connectivity index is 3.24. The number of hydrogen-bond donors (Lipinski definition) is 0. The van der Waals surface area contributed by atoms with Gasteiger partial charge in [-0.1, -0.05) is 0 Å². The maximum atomic E-state index is 12.3. The van der Waals surface area contributed by atoms with Crippen LogP contribution in [0.3, 0.4) is 0 Å². The molecular formula is C8H7BrClF2NO. The van der Waals surface area contributed by atoms with Crippen LogP contribution in [-0.2, 0) is 5.88 Å². The van der Waals surface area contributed by atoms with Gasteiger partial charge in [-0.3, -0.25) is 0 Å². The second kappa shape index (κ2) is 4.89. The first-order chi connectivity index (χ1) is 6.60. The van der Waals surface area contributed by atoms with E-state index in [1.54, 1.807) is 0 Å². The van der Waals surface area contributed by atoms with E-state index >= 15 is 0 Å². The molecule has 0 aliphatic carbocycles. The van der Waals surface area contributed by atoms with Gasteiger partial charge in [-0.2, -0.15) is 0 Å². The zero-order valence-corrected chi connectivity index (χ0v) is 9.57. The van der Waals surface area contributed by atoms with Crippen LogP contribution >= 0.6 is 27.5 Å². The van der Waals surface area contributed by atoms with Gasteiger partial charge in [0.1, 0.15) is 5.69 Å². The van der Waals surface area contributed by atoms with Crippen molar-refractivity contribution in [2.75, 3.05) is 7.11 Å². The summed E-state index contributed by atoms with van der Waals surface area (Å²) >= 11 is 8.66. The van der Waals surface area contributed by atoms with Crippen LogP contribution < -0.4 is 4.74 Å². The molecule has 0 amide bonds. The van der Waals surface area contributed by atoms with Crippen LogP contribution in [0.15, 0.2) is 10.5 Å². The van der Waals surface area contributed by atoms with Crippen molar-refractivity contribution < 1.29 is 13.5 Å². The van der Waals surface area contributed by atoms with E-state index in [0.29, 0.717) is 15.9 Å². The van der Waals surface area contributed by atoms with Crippen LogP contribution in [0.4, 0.5) is 8.78 Å². The monoisotopic (exact) mass is 285 g/mol. The number of ether oxygens (including phenoxy) is 1. The molecule has 0 bridgehead atoms. The third kappa shape index (κ3) is 2.33. The Labute approximate surface area is 93.4 Å². The average Bonchev–Trinajstić information content (AvgIpc) is 2.16. The third-order valence-corrected chi connectivity index (χ3v) is 2.41. The van der Waals surface area contributed by atoms with E-state index in [9.17, 15) is 8.78 Å². The second-order valence-corrected chi connectivity index (χ2v) is 3.56. The van der Waals surface area contributed by atoms with Crippen LogP contribution in [0.5, 0.6) is 5.75 Å². The maximum absolute atomic E-state index is 12.3. The van der Waals surface area contributed by atoms with Crippen molar-refractivity contribution in [1.29, 1.82) is 0 Å². The van der Waals surface area contributed by atoms with Gasteiger partial charge in [0.05, 0.1) is 23.2 Å². The first kappa shape index (κ1) is 11.7. The first-order valence-electron chi connectivity index (χ1n) is 3.67. The molecule has 0 spiro atoms. The van der Waals surface area contributed by atoms with Gasteiger partial charge < -0.3 is 4.74 Å². The minimum atomic E-state index is -2.61. The largest absolute Gasteiger partial charge is 0.494 e. The molecule has 0 aliphatic rings. The van der Waals surface area contributed by atoms with Gasteiger partial charge >= 0.3 is 0 Å². The summed E-state index contributed by atoms with van der Waals surface area (Å²) in [6.45, 7) is 0. The molecule has 1 aromatic heterocycles. The SMILES string of the molecule is COc1c(Br)cc(C(F)F)nc1CCl. The van der Waals surface area contributed by atoms with Gasteiger partial charge in [0.2, 0.25) is 0 Å². The molecule has 2 nitrogen and oxygen atoms in total. The highest BCUT2D eigenvalue weighted by Crippen LogP contribution is 2.32. The third-order valence-electron chi connectivity index (χ3n) is 1.57. The van der Waals surface area contributed by atoms with Crippen LogP contribution in [0, 0.1) is 0 Å². The summed E-state index contributed by atoms with van der Waals surface area (Å²) in [6, 6.07) is 1.22. The van der Waals surface area contributed by atoms with Crippen molar-refractivity contribution >= 4 is 27.5 Å². The lowest BCUT2D eigenvalue weighted by atomic mass is 10.3. The van der Waals surface area contributed by atoms with E-state index in [1.807, 2.05) is 0 Å². The summed E-state index contributed by atoms with van der Waals surface area (Å²) in [7, 11) is 1.43. The van der Waals surface area contributed by atoms with Crippen molar-refractivity contribution in [3.8, 4) is 5.75 Å². The number of halogens is 4. The number of rotatable bonds is 3. The molecule has 0 N–H and O–H groups in total. The second-order valence-electron chi connectivity index (χ2n) is 2.44. The standard InChI is InChI=1S/C8H7BrClF2NO/c1-14-7-4(9)2-5(8(11)12)13-6(7)3-10/h2,8H,3H2,1H3. The number of aromatic nitrogens is 1. The highest BCUT2D eigenvalue weighted by Gasteiger charge is 2.16. The van der Waals surface area contributed by atoms with Gasteiger partial charge in [-0.15, -0.1) is 11.6 Å². The Morgan fingerprint density at radius 1 is 1.64 bits per heavy atom. The molecule has 1 heterocycles. The molecule has 0 fully saturated rings. The van der Waals surface area contributed by atoms with Gasteiger partial charge in [0, 0.05) is 0 Å². The van der Waals surface area contributed by atoms with E-state index in [4.69, 9.17) is 16.3 Å². The summed E-state index contributed by atoms with van der Waals surface area (Å²) in [5.74, 6) is 0.423. The molecule has 1 rings (SSSR count). The molecule has 1 aromatic rings. The fraction of sp³-hybridized carbons (Fsp3) is 0.375. The number of nitrogens with zero attached hydrogens (tertiary/aromatic N) is 1. The Kier molecular flexibility index (Phi) is 4.07. The Morgan fingerprint density at radius 2 is 2.29 bits per heavy atom. The van der Waals surface area contributed by atoms with E-state index in [2.05, 4.69) is 20.9 Å². The fourth-order valence-corrected chi connectivity index (χ4v) is 1.80. The molecule has 14 heavy (non-hydrogen) atoms. The molecule has 0 saturated heterocycles. The van der Waals surface area contributed by atoms with E-state index in [-0.39, 0.29) is 11.6 Å². The summed E-state index contributed by atoms with van der Waals surface area (Å²) in [4.78, 5) is 3.69. The molecule has 0 saturated carbocycles. The van der Waals surface area contributed by atoms with E-state index < -0.39 is 6.43 Å². The molecule has 78 valence electrons. The number of pyridine rings is 1. The summed E-state index contributed by atoms with van der Waals surface area (Å²) in [6.07, 6.45) is -2.61.